The average molecular weight is 302 g/mol. The first-order valence-electron chi connectivity index (χ1n) is 6.50. The van der Waals surface area contributed by atoms with E-state index in [2.05, 4.69) is 4.98 Å². The molecule has 0 unspecified atom stereocenters. The molecule has 0 fully saturated rings. The molecule has 0 atom stereocenters. The Balaban J connectivity index is 2.17. The van der Waals surface area contributed by atoms with Gasteiger partial charge in [-0.1, -0.05) is 12.1 Å². The number of carbonyl (C=O) groups excluding carboxylic acids is 1. The third-order valence-corrected chi connectivity index (χ3v) is 3.25. The summed E-state index contributed by atoms with van der Waals surface area (Å²) in [6, 6.07) is 7.51. The maximum atomic E-state index is 11.9. The number of nitrogens with zero attached hydrogens (tertiary/aromatic N) is 1. The van der Waals surface area contributed by atoms with Crippen molar-refractivity contribution in [3.8, 4) is 0 Å². The quantitative estimate of drug-likeness (QED) is 0.530. The molecule has 0 saturated heterocycles. The number of benzene rings is 1. The first-order valence-corrected chi connectivity index (χ1v) is 6.50. The number of esters is 1. The van der Waals surface area contributed by atoms with Crippen molar-refractivity contribution in [2.24, 2.45) is 0 Å². The van der Waals surface area contributed by atoms with Crippen LogP contribution in [0, 0.1) is 24.0 Å². The van der Waals surface area contributed by atoms with Crippen LogP contribution in [0.4, 0.5) is 5.69 Å². The van der Waals surface area contributed by atoms with Gasteiger partial charge in [-0.05, 0) is 31.5 Å². The average Bonchev–Trinajstić information content (AvgIpc) is 2.45. The lowest BCUT2D eigenvalue weighted by atomic mass is 10.1. The van der Waals surface area contributed by atoms with Crippen LogP contribution in [-0.4, -0.2) is 15.9 Å². The first kappa shape index (κ1) is 15.4. The van der Waals surface area contributed by atoms with Crippen LogP contribution in [0.2, 0.25) is 0 Å². The highest BCUT2D eigenvalue weighted by molar-refractivity contribution is 5.88. The summed E-state index contributed by atoms with van der Waals surface area (Å²) in [5.41, 5.74) is 0.913. The fourth-order valence-corrected chi connectivity index (χ4v) is 1.98. The molecule has 0 spiro atoms. The Morgan fingerprint density at radius 1 is 1.27 bits per heavy atom. The monoisotopic (exact) mass is 302 g/mol. The lowest BCUT2D eigenvalue weighted by Crippen LogP contribution is -2.20. The molecule has 1 aromatic carbocycles. The Kier molecular flexibility index (Phi) is 4.36. The van der Waals surface area contributed by atoms with Crippen molar-refractivity contribution in [3.63, 3.8) is 0 Å². The number of ether oxygens (including phenoxy) is 1. The third-order valence-electron chi connectivity index (χ3n) is 3.25. The van der Waals surface area contributed by atoms with Crippen molar-refractivity contribution in [1.29, 1.82) is 0 Å². The molecule has 2 aromatic rings. The highest BCUT2D eigenvalue weighted by Crippen LogP contribution is 2.21. The second-order valence-electron chi connectivity index (χ2n) is 4.78. The van der Waals surface area contributed by atoms with E-state index in [0.29, 0.717) is 16.8 Å². The molecule has 0 aliphatic heterocycles. The Hall–Kier alpha value is -2.96. The summed E-state index contributed by atoms with van der Waals surface area (Å²) < 4.78 is 5.07. The molecule has 0 aliphatic rings. The zero-order chi connectivity index (χ0) is 16.3. The second-order valence-corrected chi connectivity index (χ2v) is 4.78. The molecular formula is C15H14N2O5. The summed E-state index contributed by atoms with van der Waals surface area (Å²) in [4.78, 5) is 36.4. The maximum Gasteiger partial charge on any atom is 0.344 e. The number of aryl methyl sites for hydroxylation is 1. The van der Waals surface area contributed by atoms with E-state index < -0.39 is 16.5 Å². The number of nitro groups is 1. The Morgan fingerprint density at radius 3 is 2.64 bits per heavy atom. The van der Waals surface area contributed by atoms with Crippen LogP contribution in [0.3, 0.4) is 0 Å². The van der Waals surface area contributed by atoms with Gasteiger partial charge < -0.3 is 9.72 Å². The highest BCUT2D eigenvalue weighted by atomic mass is 16.6. The number of nitro benzene ring substituents is 1. The lowest BCUT2D eigenvalue weighted by molar-refractivity contribution is -0.385. The van der Waals surface area contributed by atoms with Gasteiger partial charge in [0.1, 0.15) is 12.2 Å². The molecule has 7 heteroatoms. The number of carbonyl (C=O) groups is 1. The van der Waals surface area contributed by atoms with E-state index in [1.807, 2.05) is 0 Å². The van der Waals surface area contributed by atoms with Crippen LogP contribution in [-0.2, 0) is 11.3 Å². The summed E-state index contributed by atoms with van der Waals surface area (Å²) in [6.45, 7) is 3.14. The SMILES string of the molecule is Cc1ccc(C(=O)OCc2cccc([N+](=O)[O-])c2C)c(=O)[nH]1. The fourth-order valence-electron chi connectivity index (χ4n) is 1.98. The minimum atomic E-state index is -0.771. The second kappa shape index (κ2) is 6.21. The van der Waals surface area contributed by atoms with Crippen LogP contribution in [0.15, 0.2) is 35.1 Å². The third kappa shape index (κ3) is 3.20. The van der Waals surface area contributed by atoms with E-state index in [4.69, 9.17) is 4.74 Å². The van der Waals surface area contributed by atoms with E-state index >= 15 is 0 Å². The Morgan fingerprint density at radius 2 is 2.00 bits per heavy atom. The number of aromatic amines is 1. The fraction of sp³-hybridized carbons (Fsp3) is 0.200. The smallest absolute Gasteiger partial charge is 0.344 e. The number of hydrogen-bond donors (Lipinski definition) is 1. The standard InChI is InChI=1S/C15H14N2O5/c1-9-6-7-12(14(18)16-9)15(19)22-8-11-4-3-5-13(10(11)2)17(20)21/h3-7H,8H2,1-2H3,(H,16,18). The van der Waals surface area contributed by atoms with Gasteiger partial charge in [-0.3, -0.25) is 14.9 Å². The molecule has 7 nitrogen and oxygen atoms in total. The van der Waals surface area contributed by atoms with E-state index in [1.54, 1.807) is 26.0 Å². The van der Waals surface area contributed by atoms with Crippen molar-refractivity contribution in [2.75, 3.05) is 0 Å². The summed E-state index contributed by atoms with van der Waals surface area (Å²) in [7, 11) is 0. The minimum Gasteiger partial charge on any atom is -0.457 e. The van der Waals surface area contributed by atoms with Gasteiger partial charge in [-0.2, -0.15) is 0 Å². The summed E-state index contributed by atoms with van der Waals surface area (Å²) in [6.07, 6.45) is 0. The minimum absolute atomic E-state index is 0.0401. The van der Waals surface area contributed by atoms with Crippen molar-refractivity contribution in [1.82, 2.24) is 4.98 Å². The number of aromatic nitrogens is 1. The summed E-state index contributed by atoms with van der Waals surface area (Å²) >= 11 is 0. The van der Waals surface area contributed by atoms with Crippen molar-refractivity contribution in [3.05, 3.63) is 73.2 Å². The molecule has 1 aromatic heterocycles. The predicted octanol–water partition coefficient (Wildman–Crippen LogP) is 2.26. The molecule has 1 heterocycles. The number of pyridine rings is 1. The molecule has 0 bridgehead atoms. The van der Waals surface area contributed by atoms with Crippen LogP contribution in [0.1, 0.15) is 27.2 Å². The van der Waals surface area contributed by atoms with Gasteiger partial charge >= 0.3 is 5.97 Å². The van der Waals surface area contributed by atoms with E-state index in [9.17, 15) is 19.7 Å². The molecule has 0 aliphatic carbocycles. The van der Waals surface area contributed by atoms with Gasteiger partial charge in [0.2, 0.25) is 0 Å². The molecule has 0 radical (unpaired) electrons. The molecule has 2 rings (SSSR count). The van der Waals surface area contributed by atoms with Crippen LogP contribution < -0.4 is 5.56 Å². The molecule has 1 N–H and O–H groups in total. The van der Waals surface area contributed by atoms with Crippen LogP contribution in [0.5, 0.6) is 0 Å². The highest BCUT2D eigenvalue weighted by Gasteiger charge is 2.16. The molecule has 0 saturated carbocycles. The van der Waals surface area contributed by atoms with Crippen molar-refractivity contribution < 1.29 is 14.5 Å². The van der Waals surface area contributed by atoms with Gasteiger partial charge in [0.05, 0.1) is 4.92 Å². The van der Waals surface area contributed by atoms with Gasteiger partial charge in [0.25, 0.3) is 11.2 Å². The molecule has 22 heavy (non-hydrogen) atoms. The van der Waals surface area contributed by atoms with Crippen LogP contribution >= 0.6 is 0 Å². The van der Waals surface area contributed by atoms with Gasteiger partial charge in [0, 0.05) is 17.3 Å². The number of H-pyrrole nitrogens is 1. The van der Waals surface area contributed by atoms with Gasteiger partial charge in [-0.15, -0.1) is 0 Å². The molecule has 0 amide bonds. The maximum absolute atomic E-state index is 11.9. The first-order chi connectivity index (χ1) is 10.4. The topological polar surface area (TPSA) is 102 Å². The molecule has 114 valence electrons. The van der Waals surface area contributed by atoms with Crippen LogP contribution in [0.25, 0.3) is 0 Å². The van der Waals surface area contributed by atoms with Crippen molar-refractivity contribution in [2.45, 2.75) is 20.5 Å². The zero-order valence-corrected chi connectivity index (χ0v) is 12.1. The Bertz CT molecular complexity index is 795. The Labute approximate surface area is 125 Å². The van der Waals surface area contributed by atoms with E-state index in [1.165, 1.54) is 18.2 Å². The van der Waals surface area contributed by atoms with E-state index in [-0.39, 0.29) is 17.9 Å². The van der Waals surface area contributed by atoms with Crippen molar-refractivity contribution >= 4 is 11.7 Å². The molecular weight excluding hydrogens is 288 g/mol. The zero-order valence-electron chi connectivity index (χ0n) is 12.1. The largest absolute Gasteiger partial charge is 0.457 e. The number of hydrogen-bond acceptors (Lipinski definition) is 5. The van der Waals surface area contributed by atoms with Gasteiger partial charge in [-0.25, -0.2) is 4.79 Å². The lowest BCUT2D eigenvalue weighted by Gasteiger charge is -2.07. The van der Waals surface area contributed by atoms with E-state index in [0.717, 1.165) is 0 Å². The number of rotatable bonds is 4. The summed E-state index contributed by atoms with van der Waals surface area (Å²) in [5.74, 6) is -0.771. The predicted molar refractivity (Wildman–Crippen MR) is 78.8 cm³/mol. The number of nitrogens with one attached hydrogen (secondary N) is 1. The summed E-state index contributed by atoms with van der Waals surface area (Å²) in [5, 5.41) is 10.9. The normalized spacial score (nSPS) is 10.3. The van der Waals surface area contributed by atoms with Gasteiger partial charge in [0.15, 0.2) is 0 Å².